The van der Waals surface area contributed by atoms with E-state index in [-0.39, 0.29) is 12.0 Å². The zero-order valence-corrected chi connectivity index (χ0v) is 14.7. The van der Waals surface area contributed by atoms with Gasteiger partial charge in [0.25, 0.3) is 0 Å². The van der Waals surface area contributed by atoms with E-state index in [1.54, 1.807) is 34.1 Å². The molecule has 5 nitrogen and oxygen atoms in total. The number of esters is 1. The summed E-state index contributed by atoms with van der Waals surface area (Å²) in [5.41, 5.74) is 2.14. The van der Waals surface area contributed by atoms with E-state index in [1.165, 1.54) is 7.11 Å². The molecule has 1 aliphatic rings. The number of hydrogen-bond donors (Lipinski definition) is 0. The molecule has 0 aliphatic carbocycles. The van der Waals surface area contributed by atoms with Crippen molar-refractivity contribution in [2.24, 2.45) is 0 Å². The maximum absolute atomic E-state index is 12.7. The fourth-order valence-electron chi connectivity index (χ4n) is 2.56. The lowest BCUT2D eigenvalue weighted by Crippen LogP contribution is -2.31. The molecule has 0 N–H and O–H groups in total. The third-order valence-corrected chi connectivity index (χ3v) is 4.40. The van der Waals surface area contributed by atoms with Crippen LogP contribution >= 0.6 is 22.6 Å². The highest BCUT2D eigenvalue weighted by atomic mass is 127. The average Bonchev–Trinajstić information content (AvgIpc) is 2.96. The number of methoxy groups -OCH3 is 1. The Bertz CT molecular complexity index is 746. The number of benzene rings is 2. The molecule has 0 spiro atoms. The molecule has 118 valence electrons. The summed E-state index contributed by atoms with van der Waals surface area (Å²) in [6, 6.07) is 14.7. The average molecular weight is 422 g/mol. The normalized spacial score (nSPS) is 14.3. The Hall–Kier alpha value is -2.09. The summed E-state index contributed by atoms with van der Waals surface area (Å²) in [4.78, 5) is 27.6. The van der Waals surface area contributed by atoms with Gasteiger partial charge in [0.2, 0.25) is 0 Å². The first-order valence-corrected chi connectivity index (χ1v) is 8.21. The molecule has 3 rings (SSSR count). The third kappa shape index (κ3) is 3.17. The predicted molar refractivity (Wildman–Crippen MR) is 97.0 cm³/mol. The predicted octanol–water partition coefficient (Wildman–Crippen LogP) is 3.52. The van der Waals surface area contributed by atoms with E-state index in [0.717, 1.165) is 14.9 Å². The number of rotatable bonds is 3. The zero-order valence-electron chi connectivity index (χ0n) is 12.5. The molecule has 1 saturated heterocycles. The molecule has 6 heteroatoms. The van der Waals surface area contributed by atoms with Gasteiger partial charge in [-0.15, -0.1) is 0 Å². The van der Waals surface area contributed by atoms with Gasteiger partial charge in [0.15, 0.2) is 0 Å². The summed E-state index contributed by atoms with van der Waals surface area (Å²) in [7, 11) is 1.35. The molecule has 0 atom stereocenters. The summed E-state index contributed by atoms with van der Waals surface area (Å²) >= 11 is 2.23. The van der Waals surface area contributed by atoms with E-state index in [0.29, 0.717) is 18.7 Å². The molecule has 2 amide bonds. The number of hydrogen-bond acceptors (Lipinski definition) is 3. The molecule has 1 aliphatic heterocycles. The summed E-state index contributed by atoms with van der Waals surface area (Å²) in [5.74, 6) is -0.384. The van der Waals surface area contributed by atoms with E-state index in [1.807, 2.05) is 24.3 Å². The minimum atomic E-state index is -0.384. The number of halogens is 1. The first-order chi connectivity index (χ1) is 11.1. The third-order valence-electron chi connectivity index (χ3n) is 3.73. The molecular weight excluding hydrogens is 407 g/mol. The maximum Gasteiger partial charge on any atom is 0.337 e. The summed E-state index contributed by atoms with van der Waals surface area (Å²) < 4.78 is 5.77. The van der Waals surface area contributed by atoms with Gasteiger partial charge in [-0.2, -0.15) is 0 Å². The highest BCUT2D eigenvalue weighted by Crippen LogP contribution is 2.26. The standard InChI is InChI=1S/C17H15IN2O3/c1-23-16(21)12-5-7-14(8-6-12)19-9-10-20(17(19)22)15-4-2-3-13(18)11-15/h2-8,11H,9-10H2,1H3. The summed E-state index contributed by atoms with van der Waals surface area (Å²) in [6.45, 7) is 1.25. The van der Waals surface area contributed by atoms with Crippen LogP contribution in [-0.4, -0.2) is 32.2 Å². The van der Waals surface area contributed by atoms with E-state index < -0.39 is 0 Å². The van der Waals surface area contributed by atoms with Gasteiger partial charge >= 0.3 is 12.0 Å². The second kappa shape index (κ2) is 6.57. The van der Waals surface area contributed by atoms with Crippen molar-refractivity contribution in [3.05, 3.63) is 57.7 Å². The Kier molecular flexibility index (Phi) is 4.51. The van der Waals surface area contributed by atoms with Crippen molar-refractivity contribution in [3.63, 3.8) is 0 Å². The number of urea groups is 1. The number of carbonyl (C=O) groups excluding carboxylic acids is 2. The van der Waals surface area contributed by atoms with Gasteiger partial charge in [-0.3, -0.25) is 9.80 Å². The quantitative estimate of drug-likeness (QED) is 0.562. The van der Waals surface area contributed by atoms with Crippen molar-refractivity contribution in [1.82, 2.24) is 0 Å². The highest BCUT2D eigenvalue weighted by molar-refractivity contribution is 14.1. The fourth-order valence-corrected chi connectivity index (χ4v) is 3.08. The second-order valence-electron chi connectivity index (χ2n) is 5.10. The Morgan fingerprint density at radius 2 is 1.70 bits per heavy atom. The summed E-state index contributed by atoms with van der Waals surface area (Å²) in [6.07, 6.45) is 0. The fraction of sp³-hybridized carbons (Fsp3) is 0.176. The van der Waals surface area contributed by atoms with Crippen LogP contribution < -0.4 is 9.80 Å². The second-order valence-corrected chi connectivity index (χ2v) is 6.35. The van der Waals surface area contributed by atoms with Crippen LogP contribution in [0.4, 0.5) is 16.2 Å². The smallest absolute Gasteiger partial charge is 0.337 e. The van der Waals surface area contributed by atoms with E-state index in [4.69, 9.17) is 0 Å². The van der Waals surface area contributed by atoms with Gasteiger partial charge in [0, 0.05) is 28.0 Å². The molecular formula is C17H15IN2O3. The van der Waals surface area contributed by atoms with Crippen molar-refractivity contribution in [2.45, 2.75) is 0 Å². The zero-order chi connectivity index (χ0) is 16.4. The van der Waals surface area contributed by atoms with Crippen molar-refractivity contribution in [2.75, 3.05) is 30.0 Å². The van der Waals surface area contributed by atoms with Crippen molar-refractivity contribution >= 4 is 46.0 Å². The molecule has 2 aromatic rings. The lowest BCUT2D eigenvalue weighted by atomic mass is 10.2. The van der Waals surface area contributed by atoms with Crippen LogP contribution in [-0.2, 0) is 4.74 Å². The monoisotopic (exact) mass is 422 g/mol. The van der Waals surface area contributed by atoms with E-state index >= 15 is 0 Å². The first kappa shape index (κ1) is 15.8. The van der Waals surface area contributed by atoms with Crippen LogP contribution in [0, 0.1) is 3.57 Å². The lowest BCUT2D eigenvalue weighted by molar-refractivity contribution is 0.0601. The molecule has 0 aromatic heterocycles. The van der Waals surface area contributed by atoms with Gasteiger partial charge in [-0.25, -0.2) is 9.59 Å². The molecule has 0 saturated carbocycles. The maximum atomic E-state index is 12.7. The van der Waals surface area contributed by atoms with Crippen molar-refractivity contribution in [3.8, 4) is 0 Å². The molecule has 0 unspecified atom stereocenters. The first-order valence-electron chi connectivity index (χ1n) is 7.13. The highest BCUT2D eigenvalue weighted by Gasteiger charge is 2.30. The van der Waals surface area contributed by atoms with Crippen LogP contribution in [0.1, 0.15) is 10.4 Å². The molecule has 1 fully saturated rings. The molecule has 0 bridgehead atoms. The Balaban J connectivity index is 1.80. The van der Waals surface area contributed by atoms with Crippen molar-refractivity contribution in [1.29, 1.82) is 0 Å². The number of ether oxygens (including phenoxy) is 1. The van der Waals surface area contributed by atoms with Gasteiger partial charge in [0.1, 0.15) is 0 Å². The van der Waals surface area contributed by atoms with E-state index in [2.05, 4.69) is 27.3 Å². The minimum absolute atomic E-state index is 0.0576. The van der Waals surface area contributed by atoms with Gasteiger partial charge in [-0.1, -0.05) is 6.07 Å². The largest absolute Gasteiger partial charge is 0.465 e. The molecule has 2 aromatic carbocycles. The Labute approximate surface area is 148 Å². The summed E-state index contributed by atoms with van der Waals surface area (Å²) in [5, 5.41) is 0. The van der Waals surface area contributed by atoms with Crippen LogP contribution in [0.2, 0.25) is 0 Å². The molecule has 1 heterocycles. The van der Waals surface area contributed by atoms with Crippen LogP contribution in [0.3, 0.4) is 0 Å². The Morgan fingerprint density at radius 1 is 1.04 bits per heavy atom. The van der Waals surface area contributed by atoms with Gasteiger partial charge in [-0.05, 0) is 65.1 Å². The molecule has 23 heavy (non-hydrogen) atoms. The van der Waals surface area contributed by atoms with Crippen molar-refractivity contribution < 1.29 is 14.3 Å². The number of carbonyl (C=O) groups is 2. The van der Waals surface area contributed by atoms with Crippen LogP contribution in [0.5, 0.6) is 0 Å². The minimum Gasteiger partial charge on any atom is -0.465 e. The van der Waals surface area contributed by atoms with Crippen LogP contribution in [0.25, 0.3) is 0 Å². The van der Waals surface area contributed by atoms with Gasteiger partial charge < -0.3 is 4.74 Å². The number of anilines is 2. The van der Waals surface area contributed by atoms with Gasteiger partial charge in [0.05, 0.1) is 12.7 Å². The topological polar surface area (TPSA) is 49.9 Å². The van der Waals surface area contributed by atoms with Crippen LogP contribution in [0.15, 0.2) is 48.5 Å². The molecule has 0 radical (unpaired) electrons. The SMILES string of the molecule is COC(=O)c1ccc(N2CCN(c3cccc(I)c3)C2=O)cc1. The number of amides is 2. The lowest BCUT2D eigenvalue weighted by Gasteiger charge is -2.19. The van der Waals surface area contributed by atoms with E-state index in [9.17, 15) is 9.59 Å². The number of nitrogens with zero attached hydrogens (tertiary/aromatic N) is 2. The Morgan fingerprint density at radius 3 is 2.30 bits per heavy atom.